The predicted octanol–water partition coefficient (Wildman–Crippen LogP) is 4.01. The van der Waals surface area contributed by atoms with E-state index in [-0.39, 0.29) is 0 Å². The number of hydrogen-bond acceptors (Lipinski definition) is 4. The maximum atomic E-state index is 12.3. The highest BCUT2D eigenvalue weighted by atomic mass is 31.1. The fraction of sp³-hybridized carbons (Fsp3) is 0.625. The molecule has 0 aromatic heterocycles. The van der Waals surface area contributed by atoms with Gasteiger partial charge in [-0.3, -0.25) is 9.13 Å². The summed E-state index contributed by atoms with van der Waals surface area (Å²) in [7, 11) is -4.76. The second-order valence-electron chi connectivity index (χ2n) is 6.18. The highest BCUT2D eigenvalue weighted by Crippen LogP contribution is 2.28. The van der Waals surface area contributed by atoms with Crippen molar-refractivity contribution >= 4 is 26.7 Å². The molecule has 0 fully saturated rings. The first-order chi connectivity index (χ1) is 10.4. The molecule has 22 heavy (non-hydrogen) atoms. The van der Waals surface area contributed by atoms with Gasteiger partial charge in [-0.2, -0.15) is 0 Å². The maximum Gasteiger partial charge on any atom is 0.221 e. The Morgan fingerprint density at radius 1 is 0.818 bits per heavy atom. The van der Waals surface area contributed by atoms with E-state index in [2.05, 4.69) is 27.7 Å². The molecule has 0 radical (unpaired) electrons. The lowest BCUT2D eigenvalue weighted by molar-refractivity contribution is 0.304. The van der Waals surface area contributed by atoms with E-state index in [1.807, 2.05) is 0 Å². The van der Waals surface area contributed by atoms with E-state index in [1.54, 1.807) is 24.3 Å². The number of rotatable bonds is 10. The zero-order valence-electron chi connectivity index (χ0n) is 13.9. The summed E-state index contributed by atoms with van der Waals surface area (Å²) in [6.07, 6.45) is 1.72. The first-order valence-corrected chi connectivity index (χ1v) is 10.5. The summed E-state index contributed by atoms with van der Waals surface area (Å²) < 4.78 is 35.5. The molecule has 0 amide bonds. The zero-order valence-corrected chi connectivity index (χ0v) is 15.9. The molecule has 2 unspecified atom stereocenters. The van der Waals surface area contributed by atoms with Gasteiger partial charge in [-0.15, -0.1) is 0 Å². The minimum Gasteiger partial charge on any atom is -0.327 e. The standard InChI is InChI=1S/C16H28O4P2/c1-13(2)9-11-19-21(17)15-7-5-6-8-16(15)22(18)20-12-10-14(3)4/h5-8,13-14,21-22H,9-12H2,1-4H3. The molecule has 0 bridgehead atoms. The van der Waals surface area contributed by atoms with E-state index in [4.69, 9.17) is 9.05 Å². The van der Waals surface area contributed by atoms with Crippen LogP contribution in [0.3, 0.4) is 0 Å². The van der Waals surface area contributed by atoms with Gasteiger partial charge in [0.15, 0.2) is 0 Å². The molecule has 0 saturated heterocycles. The molecule has 126 valence electrons. The van der Waals surface area contributed by atoms with Gasteiger partial charge in [0.25, 0.3) is 0 Å². The number of benzene rings is 1. The molecule has 0 aliphatic carbocycles. The van der Waals surface area contributed by atoms with Gasteiger partial charge in [0, 0.05) is 10.6 Å². The normalized spacial score (nSPS) is 14.5. The van der Waals surface area contributed by atoms with Crippen LogP contribution >= 0.6 is 16.1 Å². The number of hydrogen-bond donors (Lipinski definition) is 0. The van der Waals surface area contributed by atoms with Crippen molar-refractivity contribution in [3.8, 4) is 0 Å². The minimum atomic E-state index is -2.38. The fourth-order valence-corrected chi connectivity index (χ4v) is 4.37. The van der Waals surface area contributed by atoms with Crippen LogP contribution in [0.15, 0.2) is 24.3 Å². The van der Waals surface area contributed by atoms with Crippen molar-refractivity contribution in [2.45, 2.75) is 40.5 Å². The molecule has 0 saturated carbocycles. The highest BCUT2D eigenvalue weighted by molar-refractivity contribution is 7.55. The van der Waals surface area contributed by atoms with Gasteiger partial charge >= 0.3 is 0 Å². The van der Waals surface area contributed by atoms with Gasteiger partial charge in [-0.25, -0.2) is 0 Å². The fourth-order valence-electron chi connectivity index (χ4n) is 1.77. The lowest BCUT2D eigenvalue weighted by Gasteiger charge is -2.12. The van der Waals surface area contributed by atoms with Crippen LogP contribution in [0.2, 0.25) is 0 Å². The van der Waals surface area contributed by atoms with E-state index >= 15 is 0 Å². The SMILES string of the molecule is CC(C)CCO[PH](=O)c1ccccc1[PH](=O)OCCC(C)C. The first-order valence-electron chi connectivity index (χ1n) is 7.85. The Morgan fingerprint density at radius 2 is 1.18 bits per heavy atom. The lowest BCUT2D eigenvalue weighted by atomic mass is 10.2. The molecule has 6 heteroatoms. The molecular formula is C16H28O4P2. The molecule has 0 spiro atoms. The molecule has 0 heterocycles. The van der Waals surface area contributed by atoms with Crippen molar-refractivity contribution in [3.63, 3.8) is 0 Å². The molecule has 0 aliphatic rings. The Labute approximate surface area is 135 Å². The van der Waals surface area contributed by atoms with Crippen LogP contribution in [0.25, 0.3) is 0 Å². The van der Waals surface area contributed by atoms with Crippen LogP contribution in [-0.2, 0) is 18.2 Å². The Morgan fingerprint density at radius 3 is 1.50 bits per heavy atom. The van der Waals surface area contributed by atoms with Crippen LogP contribution in [0.1, 0.15) is 40.5 Å². The molecule has 0 N–H and O–H groups in total. The average molecular weight is 346 g/mol. The van der Waals surface area contributed by atoms with Crippen molar-refractivity contribution in [1.82, 2.24) is 0 Å². The molecule has 1 aromatic carbocycles. The van der Waals surface area contributed by atoms with Crippen LogP contribution in [0.5, 0.6) is 0 Å². The summed E-state index contributed by atoms with van der Waals surface area (Å²) >= 11 is 0. The zero-order chi connectivity index (χ0) is 16.5. The van der Waals surface area contributed by atoms with Crippen LogP contribution in [-0.4, -0.2) is 13.2 Å². The summed E-state index contributed by atoms with van der Waals surface area (Å²) in [4.78, 5) is 0. The van der Waals surface area contributed by atoms with Crippen LogP contribution in [0, 0.1) is 11.8 Å². The highest BCUT2D eigenvalue weighted by Gasteiger charge is 2.15. The summed E-state index contributed by atoms with van der Waals surface area (Å²) in [5, 5.41) is 1.06. The van der Waals surface area contributed by atoms with Gasteiger partial charge in [0.1, 0.15) is 0 Å². The van der Waals surface area contributed by atoms with Crippen LogP contribution in [0.4, 0.5) is 0 Å². The van der Waals surface area contributed by atoms with Gasteiger partial charge in [-0.05, 0) is 36.8 Å². The maximum absolute atomic E-state index is 12.3. The summed E-state index contributed by atoms with van der Waals surface area (Å²) in [5.41, 5.74) is 0. The average Bonchev–Trinajstić information content (AvgIpc) is 2.46. The van der Waals surface area contributed by atoms with E-state index in [9.17, 15) is 9.13 Å². The molecule has 2 atom stereocenters. The smallest absolute Gasteiger partial charge is 0.221 e. The molecule has 1 aromatic rings. The molecule has 4 nitrogen and oxygen atoms in total. The van der Waals surface area contributed by atoms with Gasteiger partial charge < -0.3 is 9.05 Å². The molecule has 1 rings (SSSR count). The topological polar surface area (TPSA) is 52.6 Å². The van der Waals surface area contributed by atoms with Crippen molar-refractivity contribution in [1.29, 1.82) is 0 Å². The van der Waals surface area contributed by atoms with Crippen molar-refractivity contribution < 1.29 is 18.2 Å². The Hall–Kier alpha value is -0.400. The van der Waals surface area contributed by atoms with Crippen LogP contribution < -0.4 is 10.6 Å². The molecular weight excluding hydrogens is 318 g/mol. The van der Waals surface area contributed by atoms with E-state index < -0.39 is 16.1 Å². The third kappa shape index (κ3) is 7.24. The summed E-state index contributed by atoms with van der Waals surface area (Å²) in [6, 6.07) is 7.02. The van der Waals surface area contributed by atoms with Gasteiger partial charge in [0.05, 0.1) is 13.2 Å². The minimum absolute atomic E-state index is 0.457. The van der Waals surface area contributed by atoms with Gasteiger partial charge in [-0.1, -0.05) is 39.8 Å². The van der Waals surface area contributed by atoms with Crippen molar-refractivity contribution in [3.05, 3.63) is 24.3 Å². The van der Waals surface area contributed by atoms with E-state index in [1.165, 1.54) is 0 Å². The second kappa shape index (κ2) is 10.4. The van der Waals surface area contributed by atoms with Crippen molar-refractivity contribution in [2.24, 2.45) is 11.8 Å². The Balaban J connectivity index is 2.68. The Kier molecular flexibility index (Phi) is 9.28. The predicted molar refractivity (Wildman–Crippen MR) is 94.5 cm³/mol. The third-order valence-corrected chi connectivity index (χ3v) is 6.16. The second-order valence-corrected chi connectivity index (χ2v) is 8.99. The largest absolute Gasteiger partial charge is 0.327 e. The quantitative estimate of drug-likeness (QED) is 0.601. The third-order valence-electron chi connectivity index (χ3n) is 3.22. The van der Waals surface area contributed by atoms with Gasteiger partial charge in [0.2, 0.25) is 16.1 Å². The van der Waals surface area contributed by atoms with Crippen molar-refractivity contribution in [2.75, 3.05) is 13.2 Å². The summed E-state index contributed by atoms with van der Waals surface area (Å²) in [5.74, 6) is 1.01. The van der Waals surface area contributed by atoms with E-state index in [0.29, 0.717) is 35.7 Å². The molecule has 0 aliphatic heterocycles. The monoisotopic (exact) mass is 346 g/mol. The first kappa shape index (κ1) is 19.6. The summed E-state index contributed by atoms with van der Waals surface area (Å²) in [6.45, 7) is 9.29. The lowest BCUT2D eigenvalue weighted by Crippen LogP contribution is -2.19. The Bertz CT molecular complexity index is 456. The van der Waals surface area contributed by atoms with E-state index in [0.717, 1.165) is 12.8 Å².